The van der Waals surface area contributed by atoms with Crippen LogP contribution in [0.3, 0.4) is 0 Å². The van der Waals surface area contributed by atoms with Gasteiger partial charge in [0, 0.05) is 11.6 Å². The number of furan rings is 1. The second kappa shape index (κ2) is 11.2. The van der Waals surface area contributed by atoms with Crippen molar-refractivity contribution in [2.45, 2.75) is 26.1 Å². The molecular weight excluding hydrogens is 625 g/mol. The molecule has 41 heavy (non-hydrogen) atoms. The van der Waals surface area contributed by atoms with Gasteiger partial charge in [-0.1, -0.05) is 29.5 Å². The predicted molar refractivity (Wildman–Crippen MR) is 150 cm³/mol. The van der Waals surface area contributed by atoms with Crippen LogP contribution in [0.4, 0.5) is 13.2 Å². The standard InChI is InChI=1S/C29H22BrF3N2O5S/c1-4-39-27(37)24-15(2)34-28-35(25(24)17-8-10-22(38-3)20(30)13-17)26(36)23(41-28)14-19-9-11-21(40-19)16-6-5-7-18(12-16)29(31,32)33/h5-14,25H,4H2,1-3H3/b23-14-. The largest absolute Gasteiger partial charge is 0.496 e. The van der Waals surface area contributed by atoms with E-state index in [0.717, 1.165) is 23.5 Å². The summed E-state index contributed by atoms with van der Waals surface area (Å²) >= 11 is 4.58. The number of ether oxygens (including phenoxy) is 2. The number of carbonyl (C=O) groups excluding carboxylic acids is 1. The third kappa shape index (κ3) is 5.53. The number of hydrogen-bond acceptors (Lipinski definition) is 7. The SMILES string of the molecule is CCOC(=O)C1=C(C)N=c2s/c(=C\c3ccc(-c4cccc(C(F)(F)F)c4)o3)c(=O)n2C1c1ccc(OC)c(Br)c1. The quantitative estimate of drug-likeness (QED) is 0.246. The van der Waals surface area contributed by atoms with Crippen LogP contribution in [0, 0.1) is 0 Å². The Morgan fingerprint density at radius 3 is 2.66 bits per heavy atom. The highest BCUT2D eigenvalue weighted by atomic mass is 79.9. The second-order valence-corrected chi connectivity index (χ2v) is 10.8. The van der Waals surface area contributed by atoms with Crippen LogP contribution >= 0.6 is 27.3 Å². The Morgan fingerprint density at radius 1 is 1.20 bits per heavy atom. The van der Waals surface area contributed by atoms with E-state index in [9.17, 15) is 22.8 Å². The molecule has 1 atom stereocenters. The van der Waals surface area contributed by atoms with Crippen LogP contribution in [0.2, 0.25) is 0 Å². The zero-order valence-electron chi connectivity index (χ0n) is 21.9. The van der Waals surface area contributed by atoms with Gasteiger partial charge >= 0.3 is 12.1 Å². The topological polar surface area (TPSA) is 83.0 Å². The molecule has 0 radical (unpaired) electrons. The summed E-state index contributed by atoms with van der Waals surface area (Å²) in [5.41, 5.74) is 0.315. The van der Waals surface area contributed by atoms with Gasteiger partial charge in [-0.05, 0) is 71.7 Å². The zero-order valence-corrected chi connectivity index (χ0v) is 24.3. The summed E-state index contributed by atoms with van der Waals surface area (Å²) in [6.45, 7) is 3.52. The Hall–Kier alpha value is -3.90. The number of aromatic nitrogens is 1. The highest BCUT2D eigenvalue weighted by Gasteiger charge is 2.34. The number of hydrogen-bond donors (Lipinski definition) is 0. The highest BCUT2D eigenvalue weighted by molar-refractivity contribution is 9.10. The Kier molecular flexibility index (Phi) is 7.80. The van der Waals surface area contributed by atoms with E-state index in [1.807, 2.05) is 0 Å². The minimum atomic E-state index is -4.49. The van der Waals surface area contributed by atoms with Crippen molar-refractivity contribution in [1.82, 2.24) is 4.57 Å². The Labute approximate surface area is 244 Å². The maximum Gasteiger partial charge on any atom is 0.416 e. The minimum absolute atomic E-state index is 0.145. The molecule has 0 aliphatic carbocycles. The van der Waals surface area contributed by atoms with E-state index in [2.05, 4.69) is 20.9 Å². The first-order valence-corrected chi connectivity index (χ1v) is 13.9. The number of alkyl halides is 3. The van der Waals surface area contributed by atoms with Gasteiger partial charge in [-0.3, -0.25) is 9.36 Å². The highest BCUT2D eigenvalue weighted by Crippen LogP contribution is 2.35. The molecule has 7 nitrogen and oxygen atoms in total. The van der Waals surface area contributed by atoms with Crippen LogP contribution in [0.5, 0.6) is 5.75 Å². The number of benzene rings is 2. The van der Waals surface area contributed by atoms with Crippen molar-refractivity contribution >= 4 is 39.3 Å². The molecule has 5 rings (SSSR count). The van der Waals surface area contributed by atoms with Crippen LogP contribution in [0.25, 0.3) is 17.4 Å². The first-order chi connectivity index (χ1) is 19.5. The average Bonchev–Trinajstić information content (AvgIpc) is 3.52. The Morgan fingerprint density at radius 2 is 1.98 bits per heavy atom. The lowest BCUT2D eigenvalue weighted by atomic mass is 9.96. The molecule has 2 aromatic carbocycles. The van der Waals surface area contributed by atoms with Crippen LogP contribution in [-0.4, -0.2) is 24.3 Å². The molecule has 2 aromatic heterocycles. The van der Waals surface area contributed by atoms with Crippen molar-refractivity contribution in [2.24, 2.45) is 4.99 Å². The van der Waals surface area contributed by atoms with Crippen molar-refractivity contribution in [3.05, 3.63) is 107 Å². The van der Waals surface area contributed by atoms with Crippen LogP contribution < -0.4 is 19.6 Å². The summed E-state index contributed by atoms with van der Waals surface area (Å²) in [7, 11) is 1.53. The van der Waals surface area contributed by atoms with E-state index < -0.39 is 29.3 Å². The third-order valence-electron chi connectivity index (χ3n) is 6.38. The number of rotatable bonds is 6. The molecule has 0 N–H and O–H groups in total. The molecule has 0 saturated heterocycles. The van der Waals surface area contributed by atoms with E-state index in [1.165, 1.54) is 29.9 Å². The lowest BCUT2D eigenvalue weighted by molar-refractivity contribution is -0.139. The van der Waals surface area contributed by atoms with Crippen LogP contribution in [0.1, 0.15) is 36.8 Å². The van der Waals surface area contributed by atoms with Gasteiger partial charge in [0.05, 0.1) is 45.6 Å². The lowest BCUT2D eigenvalue weighted by Gasteiger charge is -2.25. The van der Waals surface area contributed by atoms with Gasteiger partial charge in [0.25, 0.3) is 5.56 Å². The van der Waals surface area contributed by atoms with E-state index in [4.69, 9.17) is 13.9 Å². The Balaban J connectivity index is 1.62. The first-order valence-electron chi connectivity index (χ1n) is 12.3. The third-order valence-corrected chi connectivity index (χ3v) is 7.99. The number of allylic oxidation sites excluding steroid dienone is 1. The van der Waals surface area contributed by atoms with Gasteiger partial charge in [0.2, 0.25) is 0 Å². The molecule has 1 unspecified atom stereocenters. The van der Waals surface area contributed by atoms with Gasteiger partial charge in [-0.25, -0.2) is 9.79 Å². The molecule has 1 aliphatic rings. The van der Waals surface area contributed by atoms with Crippen molar-refractivity contribution in [3.8, 4) is 17.1 Å². The maximum atomic E-state index is 13.8. The van der Waals surface area contributed by atoms with Crippen LogP contribution in [-0.2, 0) is 15.7 Å². The number of thiazole rings is 1. The van der Waals surface area contributed by atoms with E-state index in [1.54, 1.807) is 44.2 Å². The van der Waals surface area contributed by atoms with Crippen molar-refractivity contribution in [1.29, 1.82) is 0 Å². The van der Waals surface area contributed by atoms with Crippen molar-refractivity contribution < 1.29 is 31.9 Å². The van der Waals surface area contributed by atoms with Gasteiger partial charge in [-0.2, -0.15) is 13.2 Å². The molecule has 0 saturated carbocycles. The van der Waals surface area contributed by atoms with Gasteiger partial charge in [0.1, 0.15) is 17.3 Å². The fourth-order valence-corrected chi connectivity index (χ4v) is 6.11. The van der Waals surface area contributed by atoms with E-state index in [0.29, 0.717) is 26.3 Å². The van der Waals surface area contributed by atoms with E-state index >= 15 is 0 Å². The summed E-state index contributed by atoms with van der Waals surface area (Å²) in [5, 5.41) is 0. The van der Waals surface area contributed by atoms with E-state index in [-0.39, 0.29) is 33.8 Å². The summed E-state index contributed by atoms with van der Waals surface area (Å²) in [6.07, 6.45) is -2.98. The molecular formula is C29H22BrF3N2O5S. The van der Waals surface area contributed by atoms with Gasteiger partial charge in [-0.15, -0.1) is 0 Å². The molecule has 0 bridgehead atoms. The number of nitrogens with zero attached hydrogens (tertiary/aromatic N) is 2. The van der Waals surface area contributed by atoms with Gasteiger partial charge < -0.3 is 13.9 Å². The lowest BCUT2D eigenvalue weighted by Crippen LogP contribution is -2.39. The second-order valence-electron chi connectivity index (χ2n) is 8.98. The molecule has 4 aromatic rings. The summed E-state index contributed by atoms with van der Waals surface area (Å²) in [6, 6.07) is 12.3. The average molecular weight is 647 g/mol. The maximum absolute atomic E-state index is 13.8. The normalized spacial score (nSPS) is 15.5. The Bertz CT molecular complexity index is 1870. The summed E-state index contributed by atoms with van der Waals surface area (Å²) < 4.78 is 58.3. The monoisotopic (exact) mass is 646 g/mol. The smallest absolute Gasteiger partial charge is 0.416 e. The molecule has 0 amide bonds. The van der Waals surface area contributed by atoms with Crippen LogP contribution in [0.15, 0.2) is 84.5 Å². The van der Waals surface area contributed by atoms with Crippen molar-refractivity contribution in [3.63, 3.8) is 0 Å². The molecule has 3 heterocycles. The summed E-state index contributed by atoms with van der Waals surface area (Å²) in [4.78, 5) is 31.7. The number of fused-ring (bicyclic) bond motifs is 1. The zero-order chi connectivity index (χ0) is 29.5. The summed E-state index contributed by atoms with van der Waals surface area (Å²) in [5.74, 6) is 0.481. The van der Waals surface area contributed by atoms with Crippen molar-refractivity contribution in [2.75, 3.05) is 13.7 Å². The fraction of sp³-hybridized carbons (Fsp3) is 0.207. The number of carbonyl (C=O) groups is 1. The molecule has 12 heteroatoms. The fourth-order valence-electron chi connectivity index (χ4n) is 4.52. The first kappa shape index (κ1) is 28.6. The number of methoxy groups -OCH3 is 1. The molecule has 1 aliphatic heterocycles. The number of halogens is 4. The molecule has 212 valence electrons. The molecule has 0 fully saturated rings. The molecule has 0 spiro atoms. The predicted octanol–water partition coefficient (Wildman–Crippen LogP) is 5.85. The van der Waals surface area contributed by atoms with Gasteiger partial charge in [0.15, 0.2) is 4.80 Å². The number of esters is 1. The minimum Gasteiger partial charge on any atom is -0.496 e.